The molecule has 27 heavy (non-hydrogen) atoms. The maximum absolute atomic E-state index is 11.9. The molecule has 4 aromatic heterocycles. The summed E-state index contributed by atoms with van der Waals surface area (Å²) in [4.78, 5) is 32.8. The van der Waals surface area contributed by atoms with Gasteiger partial charge in [0, 0.05) is 41.3 Å². The molecule has 0 aliphatic rings. The minimum Gasteiger partial charge on any atom is -0.269 e. The van der Waals surface area contributed by atoms with Gasteiger partial charge in [0.15, 0.2) is 4.96 Å². The van der Waals surface area contributed by atoms with Gasteiger partial charge < -0.3 is 0 Å². The number of rotatable bonds is 2. The van der Waals surface area contributed by atoms with Crippen molar-refractivity contribution >= 4 is 21.9 Å². The van der Waals surface area contributed by atoms with Crippen LogP contribution in [0.15, 0.2) is 58.0 Å². The summed E-state index contributed by atoms with van der Waals surface area (Å²) in [6, 6.07) is 5.53. The Bertz CT molecular complexity index is 1190. The van der Waals surface area contributed by atoms with E-state index in [2.05, 4.69) is 9.97 Å². The van der Waals surface area contributed by atoms with Gasteiger partial charge in [-0.05, 0) is 24.0 Å². The summed E-state index contributed by atoms with van der Waals surface area (Å²) >= 11 is 1.47. The maximum Gasteiger partial charge on any atom is 0.261 e. The second kappa shape index (κ2) is 7.84. The summed E-state index contributed by atoms with van der Waals surface area (Å²) in [6.07, 6.45) is 6.86. The highest BCUT2D eigenvalue weighted by atomic mass is 32.1. The van der Waals surface area contributed by atoms with Gasteiger partial charge in [-0.2, -0.15) is 0 Å². The van der Waals surface area contributed by atoms with E-state index in [0.29, 0.717) is 5.65 Å². The SMILES string of the molecule is CC(C)c1cnc2ccccn2c1=O.CC(C)c1cnc2sccn2c1=O. The molecule has 0 amide bonds. The number of thiazole rings is 1. The maximum atomic E-state index is 11.9. The Morgan fingerprint density at radius 2 is 1.48 bits per heavy atom. The largest absolute Gasteiger partial charge is 0.269 e. The summed E-state index contributed by atoms with van der Waals surface area (Å²) in [5, 5.41) is 1.87. The summed E-state index contributed by atoms with van der Waals surface area (Å²) < 4.78 is 3.18. The molecule has 0 atom stereocenters. The molecule has 0 unspecified atom stereocenters. The summed E-state index contributed by atoms with van der Waals surface area (Å²) in [5.74, 6) is 0.448. The van der Waals surface area contributed by atoms with Gasteiger partial charge in [-0.15, -0.1) is 11.3 Å². The lowest BCUT2D eigenvalue weighted by molar-refractivity contribution is 0.822. The van der Waals surface area contributed by atoms with Crippen LogP contribution >= 0.6 is 11.3 Å². The molecule has 0 aliphatic carbocycles. The zero-order valence-corrected chi connectivity index (χ0v) is 16.6. The molecule has 0 spiro atoms. The Hall–Kier alpha value is -2.80. The van der Waals surface area contributed by atoms with Gasteiger partial charge in [0.05, 0.1) is 0 Å². The molecule has 0 aromatic carbocycles. The fourth-order valence-corrected chi connectivity index (χ4v) is 3.35. The molecule has 0 saturated carbocycles. The van der Waals surface area contributed by atoms with Crippen molar-refractivity contribution < 1.29 is 0 Å². The van der Waals surface area contributed by atoms with Gasteiger partial charge in [0.1, 0.15) is 5.65 Å². The molecule has 6 nitrogen and oxygen atoms in total. The molecule has 4 aromatic rings. The highest BCUT2D eigenvalue weighted by Crippen LogP contribution is 2.11. The predicted octanol–water partition coefficient (Wildman–Crippen LogP) is 3.70. The minimum absolute atomic E-state index is 0.0330. The average molecular weight is 382 g/mol. The van der Waals surface area contributed by atoms with Crippen molar-refractivity contribution in [1.82, 2.24) is 18.8 Å². The van der Waals surface area contributed by atoms with Crippen LogP contribution in [-0.2, 0) is 0 Å². The molecule has 0 saturated heterocycles. The first-order chi connectivity index (χ1) is 12.9. The van der Waals surface area contributed by atoms with Crippen LogP contribution < -0.4 is 11.1 Å². The fourth-order valence-electron chi connectivity index (χ4n) is 2.67. The van der Waals surface area contributed by atoms with E-state index in [1.807, 2.05) is 51.3 Å². The van der Waals surface area contributed by atoms with E-state index >= 15 is 0 Å². The van der Waals surface area contributed by atoms with Crippen molar-refractivity contribution in [3.05, 3.63) is 80.2 Å². The lowest BCUT2D eigenvalue weighted by Crippen LogP contribution is -2.19. The number of nitrogens with zero attached hydrogens (tertiary/aromatic N) is 4. The predicted molar refractivity (Wildman–Crippen MR) is 109 cm³/mol. The molecule has 7 heteroatoms. The Morgan fingerprint density at radius 1 is 0.852 bits per heavy atom. The van der Waals surface area contributed by atoms with Gasteiger partial charge in [0.25, 0.3) is 11.1 Å². The molecule has 0 N–H and O–H groups in total. The van der Waals surface area contributed by atoms with Crippen molar-refractivity contribution in [3.63, 3.8) is 0 Å². The van der Waals surface area contributed by atoms with Crippen LogP contribution in [0.4, 0.5) is 0 Å². The van der Waals surface area contributed by atoms with E-state index in [1.54, 1.807) is 33.6 Å². The molecular formula is C20H22N4O2S. The highest BCUT2D eigenvalue weighted by Gasteiger charge is 2.08. The van der Waals surface area contributed by atoms with Crippen LogP contribution in [0.3, 0.4) is 0 Å². The number of hydrogen-bond acceptors (Lipinski definition) is 5. The quantitative estimate of drug-likeness (QED) is 0.530. The Balaban J connectivity index is 0.000000156. The third kappa shape index (κ3) is 3.83. The van der Waals surface area contributed by atoms with Gasteiger partial charge in [0.2, 0.25) is 0 Å². The van der Waals surface area contributed by atoms with Crippen molar-refractivity contribution in [2.45, 2.75) is 39.5 Å². The molecular weight excluding hydrogens is 360 g/mol. The van der Waals surface area contributed by atoms with Gasteiger partial charge in [-0.3, -0.25) is 18.4 Å². The van der Waals surface area contributed by atoms with Gasteiger partial charge in [-0.25, -0.2) is 9.97 Å². The van der Waals surface area contributed by atoms with Crippen molar-refractivity contribution in [3.8, 4) is 0 Å². The number of hydrogen-bond donors (Lipinski definition) is 0. The average Bonchev–Trinajstić information content (AvgIpc) is 3.12. The van der Waals surface area contributed by atoms with Crippen LogP contribution in [-0.4, -0.2) is 18.8 Å². The lowest BCUT2D eigenvalue weighted by Gasteiger charge is -2.05. The topological polar surface area (TPSA) is 68.7 Å². The monoisotopic (exact) mass is 382 g/mol. The van der Waals surface area contributed by atoms with E-state index in [9.17, 15) is 9.59 Å². The Labute approximate surface area is 160 Å². The molecule has 140 valence electrons. The molecule has 0 fully saturated rings. The van der Waals surface area contributed by atoms with E-state index in [1.165, 1.54) is 11.3 Å². The van der Waals surface area contributed by atoms with E-state index < -0.39 is 0 Å². The minimum atomic E-state index is 0.0330. The van der Waals surface area contributed by atoms with E-state index in [4.69, 9.17) is 0 Å². The summed E-state index contributed by atoms with van der Waals surface area (Å²) in [6.45, 7) is 7.98. The zero-order valence-electron chi connectivity index (χ0n) is 15.8. The van der Waals surface area contributed by atoms with Crippen LogP contribution in [0, 0.1) is 0 Å². The van der Waals surface area contributed by atoms with Gasteiger partial charge >= 0.3 is 0 Å². The number of pyridine rings is 1. The normalized spacial score (nSPS) is 11.2. The van der Waals surface area contributed by atoms with Gasteiger partial charge in [-0.1, -0.05) is 33.8 Å². The Kier molecular flexibility index (Phi) is 5.51. The number of aromatic nitrogens is 4. The second-order valence-corrected chi connectivity index (χ2v) is 7.70. The third-order valence-electron chi connectivity index (χ3n) is 4.25. The first kappa shape index (κ1) is 19.0. The molecule has 4 rings (SSSR count). The molecule has 0 bridgehead atoms. The molecule has 0 aliphatic heterocycles. The lowest BCUT2D eigenvalue weighted by atomic mass is 10.1. The zero-order chi connectivity index (χ0) is 19.6. The standard InChI is InChI=1S/C11H12N2O.C9H10N2OS/c1-8(2)9-7-12-10-5-3-4-6-13(10)11(9)14;1-6(2)7-5-10-9-11(8(7)12)3-4-13-9/h3-8H,1-2H3;3-6H,1-2H3. The van der Waals surface area contributed by atoms with Crippen LogP contribution in [0.2, 0.25) is 0 Å². The van der Waals surface area contributed by atoms with Crippen LogP contribution in [0.25, 0.3) is 10.6 Å². The van der Waals surface area contributed by atoms with Crippen molar-refractivity contribution in [1.29, 1.82) is 0 Å². The van der Waals surface area contributed by atoms with Crippen LogP contribution in [0.5, 0.6) is 0 Å². The van der Waals surface area contributed by atoms with Crippen molar-refractivity contribution in [2.24, 2.45) is 0 Å². The second-order valence-electron chi connectivity index (χ2n) is 6.83. The summed E-state index contributed by atoms with van der Waals surface area (Å²) in [7, 11) is 0. The van der Waals surface area contributed by atoms with E-state index in [-0.39, 0.29) is 23.0 Å². The molecule has 4 heterocycles. The van der Waals surface area contributed by atoms with Crippen molar-refractivity contribution in [2.75, 3.05) is 0 Å². The van der Waals surface area contributed by atoms with Crippen LogP contribution in [0.1, 0.15) is 50.7 Å². The fraction of sp³-hybridized carbons (Fsp3) is 0.300. The first-order valence-electron chi connectivity index (χ1n) is 8.81. The van der Waals surface area contributed by atoms with E-state index in [0.717, 1.165) is 16.1 Å². The first-order valence-corrected chi connectivity index (χ1v) is 9.69. The third-order valence-corrected chi connectivity index (χ3v) is 5.02. The molecule has 0 radical (unpaired) electrons. The highest BCUT2D eigenvalue weighted by molar-refractivity contribution is 7.15. The Morgan fingerprint density at radius 3 is 2.15 bits per heavy atom. The number of fused-ring (bicyclic) bond motifs is 2. The summed E-state index contributed by atoms with van der Waals surface area (Å²) in [5.41, 5.74) is 2.32. The smallest absolute Gasteiger partial charge is 0.261 e.